The molecule has 3 heteroatoms. The van der Waals surface area contributed by atoms with Crippen LogP contribution in [0.15, 0.2) is 0 Å². The van der Waals surface area contributed by atoms with Crippen molar-refractivity contribution in [3.63, 3.8) is 0 Å². The number of hydrogen-bond donors (Lipinski definition) is 1. The first-order valence-electron chi connectivity index (χ1n) is 8.81. The van der Waals surface area contributed by atoms with Crippen LogP contribution in [0.2, 0.25) is 0 Å². The maximum absolute atomic E-state index is 5.77. The fourth-order valence-electron chi connectivity index (χ4n) is 2.64. The number of rotatable bonds is 11. The maximum Gasteiger partial charge on any atom is 0.0593 e. The molecule has 1 aliphatic carbocycles. The van der Waals surface area contributed by atoms with Crippen molar-refractivity contribution in [1.29, 1.82) is 0 Å². The van der Waals surface area contributed by atoms with Gasteiger partial charge in [-0.15, -0.1) is 0 Å². The first-order valence-corrected chi connectivity index (χ1v) is 8.81. The molecule has 0 aromatic heterocycles. The molecule has 1 rings (SSSR count). The molecule has 1 N–H and O–H groups in total. The minimum Gasteiger partial charge on any atom is -0.380 e. The molecule has 0 heterocycles. The van der Waals surface area contributed by atoms with Gasteiger partial charge in [0.25, 0.3) is 0 Å². The molecule has 0 aromatic carbocycles. The lowest BCUT2D eigenvalue weighted by Crippen LogP contribution is -2.48. The molecule has 0 bridgehead atoms. The first-order chi connectivity index (χ1) is 9.80. The summed E-state index contributed by atoms with van der Waals surface area (Å²) >= 11 is 0. The number of nitrogens with zero attached hydrogens (tertiary/aromatic N) is 1. The van der Waals surface area contributed by atoms with Crippen molar-refractivity contribution < 1.29 is 4.74 Å². The van der Waals surface area contributed by atoms with E-state index in [0.717, 1.165) is 38.8 Å². The van der Waals surface area contributed by atoms with Crippen LogP contribution in [0.25, 0.3) is 0 Å². The largest absolute Gasteiger partial charge is 0.380 e. The molecule has 0 radical (unpaired) electrons. The van der Waals surface area contributed by atoms with Crippen LogP contribution < -0.4 is 5.32 Å². The monoisotopic (exact) mass is 298 g/mol. The van der Waals surface area contributed by atoms with Gasteiger partial charge in [-0.05, 0) is 64.8 Å². The Morgan fingerprint density at radius 2 is 1.76 bits per heavy atom. The predicted octanol–water partition coefficient (Wildman–Crippen LogP) is 3.54. The number of ether oxygens (including phenoxy) is 1. The summed E-state index contributed by atoms with van der Waals surface area (Å²) in [4.78, 5) is 2.45. The van der Waals surface area contributed by atoms with Crippen LogP contribution in [0.3, 0.4) is 0 Å². The van der Waals surface area contributed by atoms with Crippen LogP contribution in [0, 0.1) is 11.3 Å². The molecule has 1 fully saturated rings. The van der Waals surface area contributed by atoms with E-state index < -0.39 is 0 Å². The van der Waals surface area contributed by atoms with Crippen molar-refractivity contribution in [3.8, 4) is 0 Å². The summed E-state index contributed by atoms with van der Waals surface area (Å²) in [5.74, 6) is 0.872. The molecule has 126 valence electrons. The van der Waals surface area contributed by atoms with Gasteiger partial charge in [-0.1, -0.05) is 13.8 Å². The topological polar surface area (TPSA) is 24.5 Å². The summed E-state index contributed by atoms with van der Waals surface area (Å²) in [6.45, 7) is 16.5. The summed E-state index contributed by atoms with van der Waals surface area (Å²) in [5.41, 5.74) is 0.570. The second-order valence-electron chi connectivity index (χ2n) is 8.07. The average Bonchev–Trinajstić information content (AvgIpc) is 3.23. The zero-order valence-corrected chi connectivity index (χ0v) is 15.3. The minimum atomic E-state index is 0.196. The third kappa shape index (κ3) is 8.18. The van der Waals surface area contributed by atoms with E-state index in [1.807, 2.05) is 0 Å². The van der Waals surface area contributed by atoms with E-state index in [4.69, 9.17) is 4.74 Å². The zero-order valence-electron chi connectivity index (χ0n) is 15.3. The normalized spacial score (nSPS) is 16.7. The molecule has 0 aromatic rings. The number of hydrogen-bond acceptors (Lipinski definition) is 3. The Morgan fingerprint density at radius 1 is 1.14 bits per heavy atom. The Balaban J connectivity index is 2.32. The van der Waals surface area contributed by atoms with Gasteiger partial charge in [-0.2, -0.15) is 0 Å². The molecular formula is C18H38N2O. The summed E-state index contributed by atoms with van der Waals surface area (Å²) in [6.07, 6.45) is 5.20. The smallest absolute Gasteiger partial charge is 0.0593 e. The van der Waals surface area contributed by atoms with Crippen LogP contribution >= 0.6 is 0 Å². The van der Waals surface area contributed by atoms with Gasteiger partial charge in [-0.25, -0.2) is 0 Å². The lowest BCUT2D eigenvalue weighted by Gasteiger charge is -2.38. The molecule has 0 amide bonds. The van der Waals surface area contributed by atoms with Gasteiger partial charge < -0.3 is 15.0 Å². The quantitative estimate of drug-likeness (QED) is 0.591. The molecule has 0 unspecified atom stereocenters. The van der Waals surface area contributed by atoms with Gasteiger partial charge in [0.2, 0.25) is 0 Å². The summed E-state index contributed by atoms with van der Waals surface area (Å²) < 4.78 is 5.77. The van der Waals surface area contributed by atoms with Gasteiger partial charge in [-0.3, -0.25) is 0 Å². The van der Waals surface area contributed by atoms with Crippen molar-refractivity contribution in [1.82, 2.24) is 10.2 Å². The van der Waals surface area contributed by atoms with E-state index in [-0.39, 0.29) is 5.54 Å². The Labute approximate surface area is 132 Å². The van der Waals surface area contributed by atoms with E-state index in [9.17, 15) is 0 Å². The second kappa shape index (κ2) is 8.50. The molecule has 1 aliphatic rings. The molecule has 0 spiro atoms. The van der Waals surface area contributed by atoms with E-state index in [2.05, 4.69) is 51.9 Å². The van der Waals surface area contributed by atoms with Gasteiger partial charge in [0, 0.05) is 31.8 Å². The van der Waals surface area contributed by atoms with E-state index in [0.29, 0.717) is 5.41 Å². The van der Waals surface area contributed by atoms with Gasteiger partial charge in [0.1, 0.15) is 0 Å². The Hall–Kier alpha value is -0.120. The highest BCUT2D eigenvalue weighted by molar-refractivity contribution is 4.85. The highest BCUT2D eigenvalue weighted by Gasteiger charge is 2.29. The second-order valence-corrected chi connectivity index (χ2v) is 8.07. The minimum absolute atomic E-state index is 0.196. The standard InChI is InChI=1S/C18H38N2O/c1-7-18(8-2,14-19-17(3,4)5)15-20(6)11-12-21-13-16-9-10-16/h16,19H,7-15H2,1-6H3. The Morgan fingerprint density at radius 3 is 2.24 bits per heavy atom. The molecule has 3 nitrogen and oxygen atoms in total. The fourth-order valence-corrected chi connectivity index (χ4v) is 2.64. The van der Waals surface area contributed by atoms with Gasteiger partial charge in [0.05, 0.1) is 6.61 Å². The lowest BCUT2D eigenvalue weighted by molar-refractivity contribution is 0.0812. The van der Waals surface area contributed by atoms with Gasteiger partial charge in [0.15, 0.2) is 0 Å². The van der Waals surface area contributed by atoms with Crippen LogP contribution in [0.1, 0.15) is 60.3 Å². The Kier molecular flexibility index (Phi) is 7.66. The molecule has 0 saturated heterocycles. The highest BCUT2D eigenvalue weighted by Crippen LogP contribution is 2.29. The van der Waals surface area contributed by atoms with Crippen LogP contribution in [-0.4, -0.2) is 50.3 Å². The summed E-state index contributed by atoms with van der Waals surface area (Å²) in [6, 6.07) is 0. The van der Waals surface area contributed by atoms with Gasteiger partial charge >= 0.3 is 0 Å². The lowest BCUT2D eigenvalue weighted by atomic mass is 9.81. The van der Waals surface area contributed by atoms with Crippen molar-refractivity contribution in [2.24, 2.45) is 11.3 Å². The molecular weight excluding hydrogens is 260 g/mol. The Bertz CT molecular complexity index is 277. The third-order valence-corrected chi connectivity index (χ3v) is 4.77. The first kappa shape index (κ1) is 18.9. The predicted molar refractivity (Wildman–Crippen MR) is 91.8 cm³/mol. The SMILES string of the molecule is CCC(CC)(CNC(C)(C)C)CN(C)CCOCC1CC1. The maximum atomic E-state index is 5.77. The zero-order chi connectivity index (χ0) is 15.9. The van der Waals surface area contributed by atoms with Crippen molar-refractivity contribution >= 4 is 0 Å². The van der Waals surface area contributed by atoms with E-state index in [1.54, 1.807) is 0 Å². The molecule has 0 atom stereocenters. The number of nitrogens with one attached hydrogen (secondary N) is 1. The summed E-state index contributed by atoms with van der Waals surface area (Å²) in [5, 5.41) is 3.70. The molecule has 1 saturated carbocycles. The van der Waals surface area contributed by atoms with E-state index in [1.165, 1.54) is 25.7 Å². The van der Waals surface area contributed by atoms with Crippen LogP contribution in [-0.2, 0) is 4.74 Å². The molecule has 0 aliphatic heterocycles. The third-order valence-electron chi connectivity index (χ3n) is 4.77. The summed E-state index contributed by atoms with van der Waals surface area (Å²) in [7, 11) is 2.23. The average molecular weight is 299 g/mol. The highest BCUT2D eigenvalue weighted by atomic mass is 16.5. The van der Waals surface area contributed by atoms with Crippen LogP contribution in [0.5, 0.6) is 0 Å². The van der Waals surface area contributed by atoms with Crippen molar-refractivity contribution in [2.75, 3.05) is 39.9 Å². The van der Waals surface area contributed by atoms with Crippen molar-refractivity contribution in [2.45, 2.75) is 65.8 Å². The van der Waals surface area contributed by atoms with E-state index >= 15 is 0 Å². The van der Waals surface area contributed by atoms with Crippen LogP contribution in [0.4, 0.5) is 0 Å². The van der Waals surface area contributed by atoms with Crippen molar-refractivity contribution in [3.05, 3.63) is 0 Å². The number of likely N-dealkylation sites (N-methyl/N-ethyl adjacent to an activating group) is 1. The molecule has 21 heavy (non-hydrogen) atoms. The fraction of sp³-hybridized carbons (Fsp3) is 1.00.